The molecule has 0 radical (unpaired) electrons. The first kappa shape index (κ1) is 14.1. The van der Waals surface area contributed by atoms with E-state index >= 15 is 0 Å². The molecular weight excluding hydrogens is 262 g/mol. The van der Waals surface area contributed by atoms with Gasteiger partial charge in [-0.05, 0) is 37.1 Å². The Morgan fingerprint density at radius 3 is 2.74 bits per heavy atom. The molecule has 1 aromatic carbocycles. The number of hydrogen-bond acceptors (Lipinski definition) is 3. The molecule has 0 aliphatic carbocycles. The van der Waals surface area contributed by atoms with Crippen LogP contribution in [-0.2, 0) is 10.0 Å². The van der Waals surface area contributed by atoms with Crippen molar-refractivity contribution in [1.82, 2.24) is 4.31 Å². The molecule has 1 unspecified atom stereocenters. The van der Waals surface area contributed by atoms with Crippen molar-refractivity contribution >= 4 is 10.0 Å². The highest BCUT2D eigenvalue weighted by Crippen LogP contribution is 2.27. The molecule has 0 bridgehead atoms. The van der Waals surface area contributed by atoms with Crippen LogP contribution in [0.1, 0.15) is 18.9 Å². The Morgan fingerprint density at radius 2 is 2.16 bits per heavy atom. The summed E-state index contributed by atoms with van der Waals surface area (Å²) < 4.78 is 31.9. The maximum atomic E-state index is 12.6. The van der Waals surface area contributed by atoms with Gasteiger partial charge in [-0.3, -0.25) is 0 Å². The minimum atomic E-state index is -3.43. The molecule has 0 N–H and O–H groups in total. The van der Waals surface area contributed by atoms with Crippen molar-refractivity contribution in [2.24, 2.45) is 0 Å². The van der Waals surface area contributed by atoms with Crippen LogP contribution in [0.3, 0.4) is 0 Å². The Morgan fingerprint density at radius 1 is 1.42 bits per heavy atom. The van der Waals surface area contributed by atoms with Crippen LogP contribution in [0.2, 0.25) is 0 Å². The Hall–Kier alpha value is -1.33. The summed E-state index contributed by atoms with van der Waals surface area (Å²) in [5.41, 5.74) is 0.823. The summed E-state index contributed by atoms with van der Waals surface area (Å²) in [5, 5.41) is 0. The summed E-state index contributed by atoms with van der Waals surface area (Å²) in [6, 6.07) is 4.94. The van der Waals surface area contributed by atoms with Gasteiger partial charge in [0.1, 0.15) is 5.75 Å². The molecule has 1 aliphatic rings. The Bertz CT molecular complexity index is 593. The van der Waals surface area contributed by atoms with Crippen molar-refractivity contribution in [2.45, 2.75) is 31.2 Å². The number of sulfonamides is 1. The molecule has 19 heavy (non-hydrogen) atoms. The molecule has 1 heterocycles. The molecule has 0 amide bonds. The van der Waals surface area contributed by atoms with Gasteiger partial charge in [-0.2, -0.15) is 4.31 Å². The van der Waals surface area contributed by atoms with Gasteiger partial charge >= 0.3 is 0 Å². The maximum Gasteiger partial charge on any atom is 0.243 e. The summed E-state index contributed by atoms with van der Waals surface area (Å²) in [7, 11) is -1.85. The fourth-order valence-corrected chi connectivity index (χ4v) is 4.01. The van der Waals surface area contributed by atoms with Gasteiger partial charge in [-0.1, -0.05) is 19.1 Å². The summed E-state index contributed by atoms with van der Waals surface area (Å²) in [5.74, 6) is 0.700. The number of ether oxygens (including phenoxy) is 1. The van der Waals surface area contributed by atoms with Crippen LogP contribution in [-0.4, -0.2) is 32.4 Å². The second-order valence-corrected chi connectivity index (χ2v) is 6.50. The van der Waals surface area contributed by atoms with Crippen LogP contribution in [0.15, 0.2) is 35.2 Å². The van der Waals surface area contributed by atoms with Crippen molar-refractivity contribution < 1.29 is 13.2 Å². The molecule has 0 saturated carbocycles. The van der Waals surface area contributed by atoms with Crippen LogP contribution in [0.5, 0.6) is 5.75 Å². The summed E-state index contributed by atoms with van der Waals surface area (Å²) >= 11 is 0. The number of benzene rings is 1. The van der Waals surface area contributed by atoms with Crippen LogP contribution in [0, 0.1) is 6.92 Å². The molecule has 1 aromatic rings. The predicted octanol–water partition coefficient (Wildman–Crippen LogP) is 2.34. The fourth-order valence-electron chi connectivity index (χ4n) is 2.32. The van der Waals surface area contributed by atoms with E-state index in [1.165, 1.54) is 4.31 Å². The van der Waals surface area contributed by atoms with E-state index in [2.05, 4.69) is 0 Å². The van der Waals surface area contributed by atoms with Gasteiger partial charge in [0.25, 0.3) is 0 Å². The van der Waals surface area contributed by atoms with E-state index < -0.39 is 10.0 Å². The van der Waals surface area contributed by atoms with Crippen molar-refractivity contribution in [1.29, 1.82) is 0 Å². The highest BCUT2D eigenvalue weighted by molar-refractivity contribution is 7.89. The van der Waals surface area contributed by atoms with Crippen molar-refractivity contribution in [3.8, 4) is 5.75 Å². The molecule has 1 atom stereocenters. The lowest BCUT2D eigenvalue weighted by Crippen LogP contribution is -2.35. The third kappa shape index (κ3) is 2.53. The largest absolute Gasteiger partial charge is 0.496 e. The monoisotopic (exact) mass is 281 g/mol. The molecule has 0 spiro atoms. The van der Waals surface area contributed by atoms with E-state index in [9.17, 15) is 8.42 Å². The average molecular weight is 281 g/mol. The van der Waals surface area contributed by atoms with E-state index in [-0.39, 0.29) is 6.04 Å². The first-order valence-corrected chi connectivity index (χ1v) is 7.78. The van der Waals surface area contributed by atoms with E-state index in [1.54, 1.807) is 25.3 Å². The number of nitrogens with zero attached hydrogens (tertiary/aromatic N) is 1. The van der Waals surface area contributed by atoms with E-state index in [0.717, 1.165) is 12.0 Å². The maximum absolute atomic E-state index is 12.6. The van der Waals surface area contributed by atoms with Crippen molar-refractivity contribution in [2.75, 3.05) is 13.7 Å². The van der Waals surface area contributed by atoms with Gasteiger partial charge in [0, 0.05) is 12.6 Å². The molecule has 0 aromatic heterocycles. The Balaban J connectivity index is 2.37. The van der Waals surface area contributed by atoms with E-state index in [1.807, 2.05) is 26.0 Å². The van der Waals surface area contributed by atoms with E-state index in [4.69, 9.17) is 4.74 Å². The smallest absolute Gasteiger partial charge is 0.243 e. The standard InChI is InChI=1S/C14H19NO3S/c1-4-12-6-5-9-15(12)19(16,17)13-7-8-14(18-3)11(2)10-13/h5-8,10,12H,4,9H2,1-3H3. The highest BCUT2D eigenvalue weighted by atomic mass is 32.2. The minimum absolute atomic E-state index is 0.0348. The van der Waals surface area contributed by atoms with Gasteiger partial charge < -0.3 is 4.74 Å². The topological polar surface area (TPSA) is 46.6 Å². The second-order valence-electron chi connectivity index (χ2n) is 4.61. The fraction of sp³-hybridized carbons (Fsp3) is 0.429. The number of aryl methyl sites for hydroxylation is 1. The molecular formula is C14H19NO3S. The molecule has 0 fully saturated rings. The van der Waals surface area contributed by atoms with Gasteiger partial charge in [0.05, 0.1) is 12.0 Å². The SMILES string of the molecule is CCC1C=CCN1S(=O)(=O)c1ccc(OC)c(C)c1. The zero-order chi connectivity index (χ0) is 14.0. The highest BCUT2D eigenvalue weighted by Gasteiger charge is 2.31. The zero-order valence-corrected chi connectivity index (χ0v) is 12.3. The number of rotatable bonds is 4. The third-order valence-electron chi connectivity index (χ3n) is 3.40. The average Bonchev–Trinajstić information content (AvgIpc) is 2.87. The molecule has 1 aliphatic heterocycles. The zero-order valence-electron chi connectivity index (χ0n) is 11.5. The van der Waals surface area contributed by atoms with Crippen LogP contribution >= 0.6 is 0 Å². The molecule has 104 valence electrons. The van der Waals surface area contributed by atoms with Crippen LogP contribution in [0.25, 0.3) is 0 Å². The number of hydrogen-bond donors (Lipinski definition) is 0. The lowest BCUT2D eigenvalue weighted by molar-refractivity contribution is 0.401. The molecule has 4 nitrogen and oxygen atoms in total. The van der Waals surface area contributed by atoms with Gasteiger partial charge in [0.15, 0.2) is 0 Å². The lowest BCUT2D eigenvalue weighted by Gasteiger charge is -2.23. The molecule has 5 heteroatoms. The minimum Gasteiger partial charge on any atom is -0.496 e. The quantitative estimate of drug-likeness (QED) is 0.796. The first-order chi connectivity index (χ1) is 9.00. The summed E-state index contributed by atoms with van der Waals surface area (Å²) in [4.78, 5) is 0.327. The van der Waals surface area contributed by atoms with Gasteiger partial charge in [0.2, 0.25) is 10.0 Å². The Kier molecular flexibility index (Phi) is 3.96. The Labute approximate surface area is 114 Å². The predicted molar refractivity (Wildman–Crippen MR) is 74.8 cm³/mol. The van der Waals surface area contributed by atoms with Crippen molar-refractivity contribution in [3.05, 3.63) is 35.9 Å². The van der Waals surface area contributed by atoms with Crippen LogP contribution < -0.4 is 4.74 Å². The first-order valence-electron chi connectivity index (χ1n) is 6.34. The molecule has 2 rings (SSSR count). The lowest BCUT2D eigenvalue weighted by atomic mass is 10.2. The van der Waals surface area contributed by atoms with E-state index in [0.29, 0.717) is 17.2 Å². The summed E-state index contributed by atoms with van der Waals surface area (Å²) in [6.45, 7) is 4.28. The third-order valence-corrected chi connectivity index (χ3v) is 5.29. The van der Waals surface area contributed by atoms with Gasteiger partial charge in [-0.25, -0.2) is 8.42 Å². The number of methoxy groups -OCH3 is 1. The molecule has 0 saturated heterocycles. The summed E-state index contributed by atoms with van der Waals surface area (Å²) in [6.07, 6.45) is 4.64. The van der Waals surface area contributed by atoms with Gasteiger partial charge in [-0.15, -0.1) is 0 Å². The normalized spacial score (nSPS) is 19.8. The van der Waals surface area contributed by atoms with Crippen molar-refractivity contribution in [3.63, 3.8) is 0 Å². The second kappa shape index (κ2) is 5.35. The van der Waals surface area contributed by atoms with Crippen LogP contribution in [0.4, 0.5) is 0 Å².